The van der Waals surface area contributed by atoms with E-state index in [0.717, 1.165) is 5.56 Å². The third kappa shape index (κ3) is 13.1. The van der Waals surface area contributed by atoms with Gasteiger partial charge in [0.1, 0.15) is 18.2 Å². The second-order valence-corrected chi connectivity index (χ2v) is 16.6. The maximum absolute atomic E-state index is 13.1. The lowest BCUT2D eigenvalue weighted by Gasteiger charge is -2.36. The van der Waals surface area contributed by atoms with Crippen LogP contribution in [0, 0.1) is 0 Å². The molecule has 0 heterocycles. The van der Waals surface area contributed by atoms with Crippen molar-refractivity contribution < 1.29 is 28.3 Å². The van der Waals surface area contributed by atoms with Crippen molar-refractivity contribution >= 4 is 32.1 Å². The highest BCUT2D eigenvalue weighted by Gasteiger charge is 2.37. The first kappa shape index (κ1) is 33.2. The van der Waals surface area contributed by atoms with Gasteiger partial charge >= 0.3 is 12.2 Å². The number of nitrogens with one attached hydrogen (secondary N) is 3. The van der Waals surface area contributed by atoms with Gasteiger partial charge in [0.15, 0.2) is 8.32 Å². The molecule has 3 amide bonds. The lowest BCUT2D eigenvalue weighted by molar-refractivity contribution is -0.118. The molecule has 0 radical (unpaired) electrons. The molecule has 1 aromatic rings. The lowest BCUT2D eigenvalue weighted by Crippen LogP contribution is -2.45. The van der Waals surface area contributed by atoms with Crippen LogP contribution >= 0.6 is 0 Å². The third-order valence-electron chi connectivity index (χ3n) is 6.16. The van der Waals surface area contributed by atoms with E-state index in [1.54, 1.807) is 20.8 Å². The molecule has 1 aromatic carbocycles. The quantitative estimate of drug-likeness (QED) is 0.155. The topological polar surface area (TPSA) is 115 Å². The third-order valence-corrected chi connectivity index (χ3v) is 10.6. The van der Waals surface area contributed by atoms with E-state index in [2.05, 4.69) is 56.4 Å². The summed E-state index contributed by atoms with van der Waals surface area (Å²) in [6.07, 6.45) is 1.85. The van der Waals surface area contributed by atoms with Gasteiger partial charge in [-0.05, 0) is 75.9 Å². The number of benzene rings is 1. The molecular weight excluding hydrogens is 502 g/mol. The molecule has 0 saturated heterocycles. The molecule has 1 rings (SSSR count). The minimum absolute atomic E-state index is 0.127. The Hall–Kier alpha value is -2.85. The van der Waals surface area contributed by atoms with E-state index in [1.807, 2.05) is 24.3 Å². The van der Waals surface area contributed by atoms with Gasteiger partial charge in [0.25, 0.3) is 0 Å². The lowest BCUT2D eigenvalue weighted by atomic mass is 10.1. The van der Waals surface area contributed by atoms with E-state index < -0.39 is 32.1 Å². The summed E-state index contributed by atoms with van der Waals surface area (Å²) in [6.45, 7) is 20.8. The van der Waals surface area contributed by atoms with E-state index >= 15 is 0 Å². The van der Waals surface area contributed by atoms with Crippen molar-refractivity contribution in [3.8, 4) is 0 Å². The zero-order valence-corrected chi connectivity index (χ0v) is 25.4. The zero-order chi connectivity index (χ0) is 29.0. The Morgan fingerprint density at radius 1 is 1.00 bits per heavy atom. The maximum Gasteiger partial charge on any atom is 0.408 e. The Morgan fingerprint density at radius 3 is 2.18 bits per heavy atom. The summed E-state index contributed by atoms with van der Waals surface area (Å²) in [4.78, 5) is 36.9. The first-order valence-electron chi connectivity index (χ1n) is 13.1. The van der Waals surface area contributed by atoms with Crippen LogP contribution in [0.15, 0.2) is 36.9 Å². The van der Waals surface area contributed by atoms with Gasteiger partial charge in [-0.2, -0.15) is 0 Å². The van der Waals surface area contributed by atoms with Crippen molar-refractivity contribution in [2.75, 3.05) is 18.5 Å². The van der Waals surface area contributed by atoms with Crippen molar-refractivity contribution in [1.29, 1.82) is 0 Å². The van der Waals surface area contributed by atoms with E-state index in [4.69, 9.17) is 13.9 Å². The molecule has 214 valence electrons. The molecule has 0 spiro atoms. The average molecular weight is 550 g/mol. The van der Waals surface area contributed by atoms with Gasteiger partial charge in [0, 0.05) is 12.2 Å². The number of rotatable bonds is 13. The standard InChI is InChI=1S/C28H47N3O6Si/c1-10-19-35-25(33)29-18-12-11-13-23(31-26(34)37-27(2,3)4)24(32)30-22-16-14-21(15-17-22)20-36-38(8,9)28(5,6)7/h10,14-17,23H,1,11-13,18-20H2,2-9H3,(H,29,33)(H,30,32)(H,31,34)/t23-/m0/s1. The maximum atomic E-state index is 13.1. The van der Waals surface area contributed by atoms with Crippen LogP contribution in [-0.2, 0) is 25.3 Å². The summed E-state index contributed by atoms with van der Waals surface area (Å²) in [5.41, 5.74) is 0.951. The van der Waals surface area contributed by atoms with Crippen molar-refractivity contribution in [2.24, 2.45) is 0 Å². The number of ether oxygens (including phenoxy) is 2. The smallest absolute Gasteiger partial charge is 0.408 e. The molecule has 0 aliphatic heterocycles. The van der Waals surface area contributed by atoms with Crippen LogP contribution in [0.4, 0.5) is 15.3 Å². The number of alkyl carbamates (subject to hydrolysis) is 2. The Bertz CT molecular complexity index is 920. The number of amides is 3. The van der Waals surface area contributed by atoms with Gasteiger partial charge in [-0.15, -0.1) is 0 Å². The highest BCUT2D eigenvalue weighted by Crippen LogP contribution is 2.37. The van der Waals surface area contributed by atoms with Crippen LogP contribution in [0.25, 0.3) is 0 Å². The van der Waals surface area contributed by atoms with Crippen LogP contribution in [0.1, 0.15) is 66.4 Å². The van der Waals surface area contributed by atoms with Crippen molar-refractivity contribution in [1.82, 2.24) is 10.6 Å². The number of unbranched alkanes of at least 4 members (excludes halogenated alkanes) is 1. The number of anilines is 1. The minimum atomic E-state index is -1.86. The van der Waals surface area contributed by atoms with E-state index in [0.29, 0.717) is 38.1 Å². The summed E-state index contributed by atoms with van der Waals surface area (Å²) in [5.74, 6) is -0.348. The molecule has 9 nitrogen and oxygen atoms in total. The average Bonchev–Trinajstić information content (AvgIpc) is 2.79. The van der Waals surface area contributed by atoms with Gasteiger partial charge in [-0.25, -0.2) is 9.59 Å². The summed E-state index contributed by atoms with van der Waals surface area (Å²) in [5, 5.41) is 8.31. The molecule has 0 saturated carbocycles. The second kappa shape index (κ2) is 14.9. The molecule has 38 heavy (non-hydrogen) atoms. The Labute approximate surface area is 229 Å². The fourth-order valence-corrected chi connectivity index (χ4v) is 3.92. The fraction of sp³-hybridized carbons (Fsp3) is 0.607. The Kier molecular flexibility index (Phi) is 13.0. The number of hydrogen-bond acceptors (Lipinski definition) is 6. The molecule has 0 unspecified atom stereocenters. The van der Waals surface area contributed by atoms with E-state index in [1.165, 1.54) is 6.08 Å². The molecule has 0 aliphatic carbocycles. The molecule has 3 N–H and O–H groups in total. The van der Waals surface area contributed by atoms with E-state index in [-0.39, 0.29) is 17.6 Å². The normalized spacial score (nSPS) is 12.7. The summed E-state index contributed by atoms with van der Waals surface area (Å²) in [6, 6.07) is 6.70. The highest BCUT2D eigenvalue weighted by atomic mass is 28.4. The predicted molar refractivity (Wildman–Crippen MR) is 154 cm³/mol. The van der Waals surface area contributed by atoms with Gasteiger partial charge in [-0.3, -0.25) is 4.79 Å². The van der Waals surface area contributed by atoms with Gasteiger partial charge in [0.2, 0.25) is 5.91 Å². The second-order valence-electron chi connectivity index (χ2n) is 11.7. The largest absolute Gasteiger partial charge is 0.445 e. The molecule has 1 atom stereocenters. The number of carbonyl (C=O) groups is 3. The molecule has 0 aliphatic rings. The summed E-state index contributed by atoms with van der Waals surface area (Å²) < 4.78 is 16.5. The number of hydrogen-bond donors (Lipinski definition) is 3. The molecule has 0 aromatic heterocycles. The fourth-order valence-electron chi connectivity index (χ4n) is 2.96. The number of carbonyl (C=O) groups excluding carboxylic acids is 3. The van der Waals surface area contributed by atoms with Crippen LogP contribution in [0.2, 0.25) is 18.1 Å². The first-order chi connectivity index (χ1) is 17.5. The van der Waals surface area contributed by atoms with Gasteiger partial charge in [-0.1, -0.05) is 45.6 Å². The van der Waals surface area contributed by atoms with Crippen molar-refractivity contribution in [3.05, 3.63) is 42.5 Å². The Balaban J connectivity index is 2.73. The summed E-state index contributed by atoms with van der Waals surface area (Å²) >= 11 is 0. The van der Waals surface area contributed by atoms with Crippen LogP contribution in [0.3, 0.4) is 0 Å². The van der Waals surface area contributed by atoms with Crippen LogP contribution in [-0.4, -0.2) is 51.2 Å². The zero-order valence-electron chi connectivity index (χ0n) is 24.4. The monoisotopic (exact) mass is 549 g/mol. The van der Waals surface area contributed by atoms with Gasteiger partial charge in [0.05, 0.1) is 6.61 Å². The Morgan fingerprint density at radius 2 is 1.63 bits per heavy atom. The van der Waals surface area contributed by atoms with Gasteiger partial charge < -0.3 is 29.9 Å². The van der Waals surface area contributed by atoms with Crippen molar-refractivity contribution in [2.45, 2.75) is 97.2 Å². The molecule has 10 heteroatoms. The molecule has 0 bridgehead atoms. The minimum Gasteiger partial charge on any atom is -0.445 e. The predicted octanol–water partition coefficient (Wildman–Crippen LogP) is 6.12. The summed E-state index contributed by atoms with van der Waals surface area (Å²) in [7, 11) is -1.86. The highest BCUT2D eigenvalue weighted by molar-refractivity contribution is 6.74. The first-order valence-corrected chi connectivity index (χ1v) is 16.0. The molecular formula is C28H47N3O6Si. The van der Waals surface area contributed by atoms with Crippen LogP contribution in [0.5, 0.6) is 0 Å². The van der Waals surface area contributed by atoms with Crippen LogP contribution < -0.4 is 16.0 Å². The molecule has 0 fully saturated rings. The van der Waals surface area contributed by atoms with E-state index in [9.17, 15) is 14.4 Å². The van der Waals surface area contributed by atoms with Crippen molar-refractivity contribution in [3.63, 3.8) is 0 Å². The SMILES string of the molecule is C=CCOC(=O)NCCCC[C@H](NC(=O)OC(C)(C)C)C(=O)Nc1ccc(CO[Si](C)(C)C(C)(C)C)cc1.